The van der Waals surface area contributed by atoms with Crippen LogP contribution in [0, 0.1) is 5.92 Å². The number of rotatable bonds is 4. The summed E-state index contributed by atoms with van der Waals surface area (Å²) in [6.45, 7) is 6.16. The number of aromatic nitrogens is 2. The average molecular weight is 285 g/mol. The molecule has 0 radical (unpaired) electrons. The van der Waals surface area contributed by atoms with Crippen LogP contribution in [-0.4, -0.2) is 16.2 Å². The van der Waals surface area contributed by atoms with Crippen molar-refractivity contribution in [2.24, 2.45) is 11.7 Å². The zero-order valence-corrected chi connectivity index (χ0v) is 12.4. The second-order valence-electron chi connectivity index (χ2n) is 5.73. The van der Waals surface area contributed by atoms with Gasteiger partial charge in [-0.05, 0) is 18.9 Å². The van der Waals surface area contributed by atoms with Gasteiger partial charge in [0.25, 0.3) is 0 Å². The lowest BCUT2D eigenvalue weighted by Crippen LogP contribution is -2.28. The maximum Gasteiger partial charge on any atom is 0.231 e. The Hall–Kier alpha value is -2.14. The molecule has 21 heavy (non-hydrogen) atoms. The van der Waals surface area contributed by atoms with E-state index in [0.29, 0.717) is 17.6 Å². The van der Waals surface area contributed by atoms with E-state index in [0.717, 1.165) is 16.5 Å². The maximum absolute atomic E-state index is 6.04. The van der Waals surface area contributed by atoms with Gasteiger partial charge >= 0.3 is 0 Å². The fraction of sp³-hybridized carbons (Fsp3) is 0.375. The standard InChI is InChI=1S/C16H19N3O2/c1-9(2)14(10(3)17)16-18-15(19-21-16)12-8-20-13-7-5-4-6-11(12)13/h4-10,14H,17H2,1-3H3. The highest BCUT2D eigenvalue weighted by Crippen LogP contribution is 2.31. The van der Waals surface area contributed by atoms with E-state index in [9.17, 15) is 0 Å². The molecule has 0 aliphatic rings. The largest absolute Gasteiger partial charge is 0.464 e. The lowest BCUT2D eigenvalue weighted by atomic mass is 9.90. The zero-order chi connectivity index (χ0) is 15.0. The first kappa shape index (κ1) is 13.8. The Bertz CT molecular complexity index is 735. The molecule has 0 bridgehead atoms. The van der Waals surface area contributed by atoms with Crippen LogP contribution in [-0.2, 0) is 0 Å². The molecule has 0 saturated heterocycles. The first-order valence-electron chi connectivity index (χ1n) is 7.13. The van der Waals surface area contributed by atoms with Gasteiger partial charge in [-0.1, -0.05) is 37.2 Å². The molecule has 5 heteroatoms. The number of fused-ring (bicyclic) bond motifs is 1. The Kier molecular flexibility index (Phi) is 3.51. The van der Waals surface area contributed by atoms with E-state index in [1.165, 1.54) is 0 Å². The molecule has 2 atom stereocenters. The minimum absolute atomic E-state index is 0.0422. The highest BCUT2D eigenvalue weighted by Gasteiger charge is 2.27. The smallest absolute Gasteiger partial charge is 0.231 e. The SMILES string of the molecule is CC(C)C(c1nc(-c2coc3ccccc23)no1)C(C)N. The van der Waals surface area contributed by atoms with Crippen LogP contribution in [0.4, 0.5) is 0 Å². The normalized spacial score (nSPS) is 14.7. The molecule has 110 valence electrons. The number of benzene rings is 1. The molecule has 0 spiro atoms. The molecular formula is C16H19N3O2. The van der Waals surface area contributed by atoms with E-state index in [1.807, 2.05) is 31.2 Å². The predicted octanol–water partition coefficient (Wildman–Crippen LogP) is 3.57. The quantitative estimate of drug-likeness (QED) is 0.792. The number of furan rings is 1. The van der Waals surface area contributed by atoms with Gasteiger partial charge in [0.15, 0.2) is 0 Å². The van der Waals surface area contributed by atoms with Crippen molar-refractivity contribution in [2.45, 2.75) is 32.7 Å². The number of hydrogen-bond donors (Lipinski definition) is 1. The first-order valence-corrected chi connectivity index (χ1v) is 7.13. The van der Waals surface area contributed by atoms with Crippen molar-refractivity contribution in [1.29, 1.82) is 0 Å². The number of hydrogen-bond acceptors (Lipinski definition) is 5. The second kappa shape index (κ2) is 5.33. The lowest BCUT2D eigenvalue weighted by Gasteiger charge is -2.20. The highest BCUT2D eigenvalue weighted by atomic mass is 16.5. The van der Waals surface area contributed by atoms with Gasteiger partial charge in [-0.15, -0.1) is 0 Å². The van der Waals surface area contributed by atoms with Crippen LogP contribution < -0.4 is 5.73 Å². The number of para-hydroxylation sites is 1. The Balaban J connectivity index is 2.02. The molecule has 0 saturated carbocycles. The zero-order valence-electron chi connectivity index (χ0n) is 12.4. The molecular weight excluding hydrogens is 266 g/mol. The van der Waals surface area contributed by atoms with Gasteiger partial charge in [0.2, 0.25) is 11.7 Å². The Labute approximate surface area is 123 Å². The Morgan fingerprint density at radius 1 is 1.14 bits per heavy atom. The molecule has 2 N–H and O–H groups in total. The van der Waals surface area contributed by atoms with Crippen LogP contribution in [0.1, 0.15) is 32.6 Å². The van der Waals surface area contributed by atoms with Crippen LogP contribution in [0.3, 0.4) is 0 Å². The van der Waals surface area contributed by atoms with Crippen molar-refractivity contribution in [3.05, 3.63) is 36.4 Å². The molecule has 3 rings (SSSR count). The predicted molar refractivity (Wildman–Crippen MR) is 80.7 cm³/mol. The number of nitrogens with zero attached hydrogens (tertiary/aromatic N) is 2. The molecule has 1 aromatic carbocycles. The molecule has 5 nitrogen and oxygen atoms in total. The molecule has 2 heterocycles. The molecule has 0 amide bonds. The molecule has 0 fully saturated rings. The van der Waals surface area contributed by atoms with Crippen LogP contribution in [0.5, 0.6) is 0 Å². The molecule has 3 aromatic rings. The third-order valence-corrected chi connectivity index (χ3v) is 3.73. The van der Waals surface area contributed by atoms with E-state index < -0.39 is 0 Å². The van der Waals surface area contributed by atoms with Crippen molar-refractivity contribution in [3.63, 3.8) is 0 Å². The summed E-state index contributed by atoms with van der Waals surface area (Å²) in [7, 11) is 0. The van der Waals surface area contributed by atoms with Crippen molar-refractivity contribution in [1.82, 2.24) is 10.1 Å². The minimum Gasteiger partial charge on any atom is -0.464 e. The molecule has 2 aromatic heterocycles. The lowest BCUT2D eigenvalue weighted by molar-refractivity contribution is 0.300. The van der Waals surface area contributed by atoms with Crippen LogP contribution in [0.15, 0.2) is 39.5 Å². The van der Waals surface area contributed by atoms with Gasteiger partial charge in [-0.2, -0.15) is 4.98 Å². The molecule has 2 unspecified atom stereocenters. The van der Waals surface area contributed by atoms with Crippen molar-refractivity contribution in [2.75, 3.05) is 0 Å². The van der Waals surface area contributed by atoms with Crippen LogP contribution >= 0.6 is 0 Å². The van der Waals surface area contributed by atoms with Crippen molar-refractivity contribution in [3.8, 4) is 11.4 Å². The van der Waals surface area contributed by atoms with Crippen molar-refractivity contribution < 1.29 is 8.94 Å². The Morgan fingerprint density at radius 2 is 1.90 bits per heavy atom. The van der Waals surface area contributed by atoms with E-state index >= 15 is 0 Å². The van der Waals surface area contributed by atoms with Gasteiger partial charge < -0.3 is 14.7 Å². The summed E-state index contributed by atoms with van der Waals surface area (Å²) in [4.78, 5) is 4.53. The minimum atomic E-state index is -0.0422. The fourth-order valence-corrected chi connectivity index (χ4v) is 2.75. The molecule has 0 aliphatic carbocycles. The summed E-state index contributed by atoms with van der Waals surface area (Å²) < 4.78 is 11.0. The summed E-state index contributed by atoms with van der Waals surface area (Å²) in [5, 5.41) is 5.07. The first-order chi connectivity index (χ1) is 10.1. The van der Waals surface area contributed by atoms with E-state index in [1.54, 1.807) is 6.26 Å². The fourth-order valence-electron chi connectivity index (χ4n) is 2.75. The third kappa shape index (κ3) is 2.45. The van der Waals surface area contributed by atoms with Crippen LogP contribution in [0.2, 0.25) is 0 Å². The van der Waals surface area contributed by atoms with Gasteiger partial charge in [-0.3, -0.25) is 0 Å². The Morgan fingerprint density at radius 3 is 2.62 bits per heavy atom. The summed E-state index contributed by atoms with van der Waals surface area (Å²) in [6, 6.07) is 7.75. The van der Waals surface area contributed by atoms with Gasteiger partial charge in [-0.25, -0.2) is 0 Å². The van der Waals surface area contributed by atoms with E-state index in [-0.39, 0.29) is 12.0 Å². The van der Waals surface area contributed by atoms with Gasteiger partial charge in [0.05, 0.1) is 11.5 Å². The number of nitrogens with two attached hydrogens (primary N) is 1. The second-order valence-corrected chi connectivity index (χ2v) is 5.73. The summed E-state index contributed by atoms with van der Waals surface area (Å²) in [5.41, 5.74) is 7.69. The van der Waals surface area contributed by atoms with Gasteiger partial charge in [0.1, 0.15) is 11.8 Å². The van der Waals surface area contributed by atoms with Crippen LogP contribution in [0.25, 0.3) is 22.4 Å². The summed E-state index contributed by atoms with van der Waals surface area (Å²) in [6.07, 6.45) is 1.66. The monoisotopic (exact) mass is 285 g/mol. The van der Waals surface area contributed by atoms with E-state index in [4.69, 9.17) is 14.7 Å². The van der Waals surface area contributed by atoms with E-state index in [2.05, 4.69) is 24.0 Å². The van der Waals surface area contributed by atoms with Gasteiger partial charge in [0, 0.05) is 11.4 Å². The topological polar surface area (TPSA) is 78.1 Å². The maximum atomic E-state index is 6.04. The third-order valence-electron chi connectivity index (χ3n) is 3.73. The summed E-state index contributed by atoms with van der Waals surface area (Å²) >= 11 is 0. The summed E-state index contributed by atoms with van der Waals surface area (Å²) in [5.74, 6) is 1.50. The highest BCUT2D eigenvalue weighted by molar-refractivity contribution is 5.91. The average Bonchev–Trinajstić information content (AvgIpc) is 3.04. The molecule has 0 aliphatic heterocycles. The van der Waals surface area contributed by atoms with Crippen molar-refractivity contribution >= 4 is 11.0 Å².